The lowest BCUT2D eigenvalue weighted by molar-refractivity contribution is -0.129. The van der Waals surface area contributed by atoms with Crippen LogP contribution in [0.25, 0.3) is 0 Å². The lowest BCUT2D eigenvalue weighted by atomic mass is 10.0. The van der Waals surface area contributed by atoms with Crippen molar-refractivity contribution in [3.8, 4) is 0 Å². The number of nitrogens with zero attached hydrogens (tertiary/aromatic N) is 3. The van der Waals surface area contributed by atoms with E-state index in [1.165, 1.54) is 29.7 Å². The zero-order valence-corrected chi connectivity index (χ0v) is 16.5. The second-order valence-electron chi connectivity index (χ2n) is 7.49. The fourth-order valence-electron chi connectivity index (χ4n) is 4.13. The Hall–Kier alpha value is -2.18. The first-order valence-electron chi connectivity index (χ1n) is 9.74. The van der Waals surface area contributed by atoms with Gasteiger partial charge in [-0.1, -0.05) is 24.3 Å². The molecule has 6 nitrogen and oxygen atoms in total. The first-order chi connectivity index (χ1) is 13.0. The number of hydrogen-bond acceptors (Lipinski definition) is 4. The molecule has 1 atom stereocenters. The Bertz CT molecular complexity index is 782. The molecule has 1 fully saturated rings. The second kappa shape index (κ2) is 8.67. The van der Waals surface area contributed by atoms with Gasteiger partial charge in [-0.05, 0) is 62.8 Å². The lowest BCUT2D eigenvalue weighted by Gasteiger charge is -2.25. The van der Waals surface area contributed by atoms with E-state index in [-0.39, 0.29) is 5.91 Å². The molecule has 1 aromatic heterocycles. The van der Waals surface area contributed by atoms with Gasteiger partial charge < -0.3 is 0 Å². The fraction of sp³-hybridized carbons (Fsp3) is 0.524. The van der Waals surface area contributed by atoms with Gasteiger partial charge in [0, 0.05) is 31.7 Å². The van der Waals surface area contributed by atoms with Crippen molar-refractivity contribution in [3.63, 3.8) is 0 Å². The molecule has 0 radical (unpaired) electrons. The number of hydrogen-bond donors (Lipinski definition) is 2. The summed E-state index contributed by atoms with van der Waals surface area (Å²) in [6, 6.07) is 9.06. The van der Waals surface area contributed by atoms with Crippen LogP contribution in [0.5, 0.6) is 0 Å². The third-order valence-electron chi connectivity index (χ3n) is 5.80. The van der Waals surface area contributed by atoms with E-state index in [9.17, 15) is 4.79 Å². The van der Waals surface area contributed by atoms with Crippen molar-refractivity contribution in [1.82, 2.24) is 20.2 Å². The molecule has 2 heterocycles. The molecule has 0 spiro atoms. The Morgan fingerprint density at radius 2 is 2.00 bits per heavy atom. The van der Waals surface area contributed by atoms with Crippen LogP contribution >= 0.6 is 0 Å². The summed E-state index contributed by atoms with van der Waals surface area (Å²) in [6.07, 6.45) is 4.40. The third-order valence-corrected chi connectivity index (χ3v) is 5.80. The molecular weight excluding hydrogens is 340 g/mol. The number of carbonyl (C=O) groups excluding carboxylic acids is 1. The number of rotatable bonds is 7. The maximum Gasteiger partial charge on any atom is 0.243 e. The van der Waals surface area contributed by atoms with Crippen LogP contribution in [-0.4, -0.2) is 38.9 Å². The smallest absolute Gasteiger partial charge is 0.243 e. The minimum atomic E-state index is -0.345. The lowest BCUT2D eigenvalue weighted by Crippen LogP contribution is -2.26. The highest BCUT2D eigenvalue weighted by Crippen LogP contribution is 2.32. The molecule has 1 aromatic carbocycles. The number of likely N-dealkylation sites (tertiary alicyclic amines) is 1. The van der Waals surface area contributed by atoms with Crippen molar-refractivity contribution >= 4 is 5.91 Å². The van der Waals surface area contributed by atoms with Crippen LogP contribution in [0.1, 0.15) is 53.4 Å². The third kappa shape index (κ3) is 4.57. The minimum Gasteiger partial charge on any atom is -0.296 e. The summed E-state index contributed by atoms with van der Waals surface area (Å²) >= 11 is 0. The van der Waals surface area contributed by atoms with Crippen molar-refractivity contribution in [1.29, 1.82) is 0 Å². The summed E-state index contributed by atoms with van der Waals surface area (Å²) < 4.78 is 1.97. The topological polar surface area (TPSA) is 70.4 Å². The average molecular weight is 370 g/mol. The summed E-state index contributed by atoms with van der Waals surface area (Å²) in [5.74, 6) is -0.345. The number of hydroxylamine groups is 1. The van der Waals surface area contributed by atoms with E-state index in [1.54, 1.807) is 5.48 Å². The van der Waals surface area contributed by atoms with Gasteiger partial charge in [-0.2, -0.15) is 5.10 Å². The first-order valence-corrected chi connectivity index (χ1v) is 9.74. The number of nitrogens with one attached hydrogen (secondary N) is 1. The van der Waals surface area contributed by atoms with Crippen molar-refractivity contribution in [2.75, 3.05) is 13.1 Å². The average Bonchev–Trinajstić information content (AvgIpc) is 3.23. The molecule has 0 aliphatic carbocycles. The monoisotopic (exact) mass is 370 g/mol. The van der Waals surface area contributed by atoms with E-state index in [0.717, 1.165) is 30.8 Å². The molecule has 1 amide bonds. The van der Waals surface area contributed by atoms with Crippen LogP contribution in [0.3, 0.4) is 0 Å². The molecule has 0 bridgehead atoms. The zero-order chi connectivity index (χ0) is 19.4. The van der Waals surface area contributed by atoms with Crippen LogP contribution in [-0.2, 0) is 24.7 Å². The van der Waals surface area contributed by atoms with Crippen LogP contribution in [0.2, 0.25) is 0 Å². The molecule has 1 aliphatic heterocycles. The van der Waals surface area contributed by atoms with Crippen molar-refractivity contribution < 1.29 is 10.0 Å². The predicted octanol–water partition coefficient (Wildman–Crippen LogP) is 2.85. The second-order valence-corrected chi connectivity index (χ2v) is 7.49. The van der Waals surface area contributed by atoms with Crippen LogP contribution < -0.4 is 5.48 Å². The SMILES string of the molecule is Cc1nn(C)c(C)c1CCN1CCC[C@@H]1c1ccc(CCC(=O)NO)cc1. The maximum absolute atomic E-state index is 11.2. The van der Waals surface area contributed by atoms with Crippen LogP contribution in [0, 0.1) is 13.8 Å². The maximum atomic E-state index is 11.2. The number of aromatic nitrogens is 2. The fourth-order valence-corrected chi connectivity index (χ4v) is 4.13. The van der Waals surface area contributed by atoms with E-state index in [2.05, 4.69) is 48.1 Å². The van der Waals surface area contributed by atoms with Gasteiger partial charge in [0.25, 0.3) is 0 Å². The molecular formula is C21H30N4O2. The molecule has 6 heteroatoms. The molecule has 1 saturated heterocycles. The normalized spacial score (nSPS) is 17.4. The van der Waals surface area contributed by atoms with E-state index in [1.807, 2.05) is 11.7 Å². The van der Waals surface area contributed by atoms with Gasteiger partial charge >= 0.3 is 0 Å². The van der Waals surface area contributed by atoms with Gasteiger partial charge in [0.2, 0.25) is 5.91 Å². The van der Waals surface area contributed by atoms with Gasteiger partial charge in [0.05, 0.1) is 5.69 Å². The van der Waals surface area contributed by atoms with Gasteiger partial charge in [-0.25, -0.2) is 5.48 Å². The largest absolute Gasteiger partial charge is 0.296 e. The van der Waals surface area contributed by atoms with Crippen molar-refractivity contribution in [2.24, 2.45) is 7.05 Å². The molecule has 2 aromatic rings. The van der Waals surface area contributed by atoms with E-state index in [0.29, 0.717) is 18.9 Å². The highest BCUT2D eigenvalue weighted by atomic mass is 16.5. The van der Waals surface area contributed by atoms with Gasteiger partial charge in [-0.3, -0.25) is 19.6 Å². The molecule has 0 saturated carbocycles. The predicted molar refractivity (Wildman–Crippen MR) is 105 cm³/mol. The van der Waals surface area contributed by atoms with Gasteiger partial charge in [0.15, 0.2) is 0 Å². The Kier molecular flexibility index (Phi) is 6.29. The standard InChI is InChI=1S/C21H30N4O2/c1-15-19(16(2)24(3)22-15)12-14-25-13-4-5-20(25)18-9-6-17(7-10-18)8-11-21(26)23-27/h6-7,9-10,20,27H,4-5,8,11-14H2,1-3H3,(H,23,26)/t20-/m1/s1. The van der Waals surface area contributed by atoms with E-state index < -0.39 is 0 Å². The Labute approximate surface area is 161 Å². The minimum absolute atomic E-state index is 0.301. The van der Waals surface area contributed by atoms with Crippen molar-refractivity contribution in [3.05, 3.63) is 52.3 Å². The summed E-state index contributed by atoms with van der Waals surface area (Å²) in [5.41, 5.74) is 7.93. The Balaban J connectivity index is 1.61. The first kappa shape index (κ1) is 19.6. The van der Waals surface area contributed by atoms with E-state index >= 15 is 0 Å². The molecule has 146 valence electrons. The quantitative estimate of drug-likeness (QED) is 0.581. The highest BCUT2D eigenvalue weighted by Gasteiger charge is 2.26. The Morgan fingerprint density at radius 3 is 2.63 bits per heavy atom. The summed E-state index contributed by atoms with van der Waals surface area (Å²) in [4.78, 5) is 13.8. The van der Waals surface area contributed by atoms with Gasteiger partial charge in [-0.15, -0.1) is 0 Å². The molecule has 3 rings (SSSR count). The summed E-state index contributed by atoms with van der Waals surface area (Å²) in [6.45, 7) is 6.43. The Morgan fingerprint density at radius 1 is 1.26 bits per heavy atom. The highest BCUT2D eigenvalue weighted by molar-refractivity contribution is 5.74. The zero-order valence-electron chi connectivity index (χ0n) is 16.5. The van der Waals surface area contributed by atoms with Crippen molar-refractivity contribution in [2.45, 2.75) is 52.0 Å². The molecule has 2 N–H and O–H groups in total. The van der Waals surface area contributed by atoms with Crippen LogP contribution in [0.15, 0.2) is 24.3 Å². The molecule has 0 unspecified atom stereocenters. The molecule has 1 aliphatic rings. The summed E-state index contributed by atoms with van der Waals surface area (Å²) in [5, 5.41) is 13.1. The number of benzene rings is 1. The van der Waals surface area contributed by atoms with Crippen LogP contribution in [0.4, 0.5) is 0 Å². The van der Waals surface area contributed by atoms with E-state index in [4.69, 9.17) is 5.21 Å². The number of carbonyl (C=O) groups is 1. The van der Waals surface area contributed by atoms with Gasteiger partial charge in [0.1, 0.15) is 0 Å². The number of amides is 1. The number of aryl methyl sites for hydroxylation is 3. The molecule has 27 heavy (non-hydrogen) atoms. The summed E-state index contributed by atoms with van der Waals surface area (Å²) in [7, 11) is 2.01.